The first-order valence-electron chi connectivity index (χ1n) is 5.93. The Bertz CT molecular complexity index is 343. The van der Waals surface area contributed by atoms with Crippen LogP contribution in [0.3, 0.4) is 0 Å². The number of hydrogen-bond donors (Lipinski definition) is 2. The van der Waals surface area contributed by atoms with E-state index >= 15 is 0 Å². The zero-order valence-electron chi connectivity index (χ0n) is 10.8. The van der Waals surface area contributed by atoms with E-state index in [2.05, 4.69) is 51.2 Å². The summed E-state index contributed by atoms with van der Waals surface area (Å²) >= 11 is 0. The third-order valence-electron chi connectivity index (χ3n) is 3.55. The summed E-state index contributed by atoms with van der Waals surface area (Å²) in [5, 5.41) is 12.8. The monoisotopic (exact) mass is 221 g/mol. The summed E-state index contributed by atoms with van der Waals surface area (Å²) in [6.45, 7) is 9.41. The molecule has 0 heterocycles. The Balaban J connectivity index is 2.71. The van der Waals surface area contributed by atoms with Crippen molar-refractivity contribution in [2.24, 2.45) is 0 Å². The van der Waals surface area contributed by atoms with E-state index in [9.17, 15) is 5.11 Å². The van der Waals surface area contributed by atoms with E-state index in [1.54, 1.807) is 0 Å². The lowest BCUT2D eigenvalue weighted by molar-refractivity contribution is 0.169. The van der Waals surface area contributed by atoms with Crippen LogP contribution in [-0.4, -0.2) is 17.3 Å². The minimum Gasteiger partial charge on any atom is -0.394 e. The molecule has 0 fully saturated rings. The standard InChI is InChI=1S/C14H23NO/c1-5-14(4,10-16)15-9-13-8-6-7-11(2)12(13)3/h6-8,15-16H,5,9-10H2,1-4H3. The number of aliphatic hydroxyl groups excluding tert-OH is 1. The molecule has 0 radical (unpaired) electrons. The van der Waals surface area contributed by atoms with Crippen molar-refractivity contribution in [1.82, 2.24) is 5.32 Å². The van der Waals surface area contributed by atoms with E-state index in [1.165, 1.54) is 16.7 Å². The second kappa shape index (κ2) is 5.46. The SMILES string of the molecule is CCC(C)(CO)NCc1cccc(C)c1C. The van der Waals surface area contributed by atoms with Crippen LogP contribution in [0, 0.1) is 13.8 Å². The summed E-state index contributed by atoms with van der Waals surface area (Å²) < 4.78 is 0. The highest BCUT2D eigenvalue weighted by Gasteiger charge is 2.19. The second-order valence-corrected chi connectivity index (χ2v) is 4.78. The molecule has 0 bridgehead atoms. The van der Waals surface area contributed by atoms with Gasteiger partial charge < -0.3 is 10.4 Å². The number of hydrogen-bond acceptors (Lipinski definition) is 2. The van der Waals surface area contributed by atoms with Gasteiger partial charge in [-0.3, -0.25) is 0 Å². The van der Waals surface area contributed by atoms with Crippen LogP contribution >= 0.6 is 0 Å². The highest BCUT2D eigenvalue weighted by atomic mass is 16.3. The van der Waals surface area contributed by atoms with Crippen LogP contribution in [0.4, 0.5) is 0 Å². The number of rotatable bonds is 5. The van der Waals surface area contributed by atoms with Gasteiger partial charge in [0.2, 0.25) is 0 Å². The van der Waals surface area contributed by atoms with Gasteiger partial charge in [-0.15, -0.1) is 0 Å². The van der Waals surface area contributed by atoms with Gasteiger partial charge in [0, 0.05) is 12.1 Å². The van der Waals surface area contributed by atoms with E-state index in [1.807, 2.05) is 0 Å². The summed E-state index contributed by atoms with van der Waals surface area (Å²) in [4.78, 5) is 0. The van der Waals surface area contributed by atoms with Crippen LogP contribution in [0.5, 0.6) is 0 Å². The Morgan fingerprint density at radius 2 is 2.00 bits per heavy atom. The lowest BCUT2D eigenvalue weighted by atomic mass is 9.98. The Morgan fingerprint density at radius 1 is 1.31 bits per heavy atom. The highest BCUT2D eigenvalue weighted by Crippen LogP contribution is 2.15. The van der Waals surface area contributed by atoms with E-state index in [-0.39, 0.29) is 12.1 Å². The first-order valence-corrected chi connectivity index (χ1v) is 5.93. The molecule has 0 saturated heterocycles. The molecule has 1 aromatic rings. The van der Waals surface area contributed by atoms with Crippen molar-refractivity contribution in [2.75, 3.05) is 6.61 Å². The molecule has 0 amide bonds. The Morgan fingerprint density at radius 3 is 2.56 bits per heavy atom. The molecule has 0 aliphatic heterocycles. The summed E-state index contributed by atoms with van der Waals surface area (Å²) in [5.74, 6) is 0. The fraction of sp³-hybridized carbons (Fsp3) is 0.571. The summed E-state index contributed by atoms with van der Waals surface area (Å²) in [6.07, 6.45) is 0.925. The van der Waals surface area contributed by atoms with Gasteiger partial charge in [-0.1, -0.05) is 25.1 Å². The smallest absolute Gasteiger partial charge is 0.0610 e. The number of benzene rings is 1. The molecule has 0 saturated carbocycles. The van der Waals surface area contributed by atoms with Crippen LogP contribution in [-0.2, 0) is 6.54 Å². The molecule has 2 N–H and O–H groups in total. The van der Waals surface area contributed by atoms with Gasteiger partial charge in [0.05, 0.1) is 6.61 Å². The normalized spacial score (nSPS) is 14.8. The predicted molar refractivity (Wildman–Crippen MR) is 68.5 cm³/mol. The van der Waals surface area contributed by atoms with Crippen molar-refractivity contribution in [3.05, 3.63) is 34.9 Å². The largest absolute Gasteiger partial charge is 0.394 e. The molecule has 0 aliphatic carbocycles. The van der Waals surface area contributed by atoms with E-state index in [0.717, 1.165) is 13.0 Å². The minimum atomic E-state index is -0.170. The fourth-order valence-corrected chi connectivity index (χ4v) is 1.60. The van der Waals surface area contributed by atoms with Gasteiger partial charge in [0.1, 0.15) is 0 Å². The summed E-state index contributed by atoms with van der Waals surface area (Å²) in [7, 11) is 0. The van der Waals surface area contributed by atoms with Crippen molar-refractivity contribution >= 4 is 0 Å². The van der Waals surface area contributed by atoms with Gasteiger partial charge in [0.15, 0.2) is 0 Å². The maximum Gasteiger partial charge on any atom is 0.0610 e. The summed E-state index contributed by atoms with van der Waals surface area (Å²) in [6, 6.07) is 6.36. The topological polar surface area (TPSA) is 32.3 Å². The maximum absolute atomic E-state index is 9.32. The first kappa shape index (κ1) is 13.2. The molecule has 1 atom stereocenters. The molecule has 90 valence electrons. The molecule has 1 unspecified atom stereocenters. The molecule has 2 heteroatoms. The third-order valence-corrected chi connectivity index (χ3v) is 3.55. The number of aryl methyl sites for hydroxylation is 1. The lowest BCUT2D eigenvalue weighted by Gasteiger charge is -2.27. The van der Waals surface area contributed by atoms with Crippen LogP contribution in [0.15, 0.2) is 18.2 Å². The average molecular weight is 221 g/mol. The predicted octanol–water partition coefficient (Wildman–Crippen LogP) is 2.55. The Labute approximate surface area is 98.7 Å². The number of aliphatic hydroxyl groups is 1. The highest BCUT2D eigenvalue weighted by molar-refractivity contribution is 5.33. The van der Waals surface area contributed by atoms with Crippen molar-refractivity contribution in [1.29, 1.82) is 0 Å². The van der Waals surface area contributed by atoms with E-state index in [4.69, 9.17) is 0 Å². The van der Waals surface area contributed by atoms with Gasteiger partial charge in [-0.05, 0) is 43.9 Å². The molecule has 1 aromatic carbocycles. The van der Waals surface area contributed by atoms with E-state index < -0.39 is 0 Å². The van der Waals surface area contributed by atoms with Crippen LogP contribution in [0.1, 0.15) is 37.0 Å². The zero-order chi connectivity index (χ0) is 12.2. The maximum atomic E-state index is 9.32. The van der Waals surface area contributed by atoms with Crippen molar-refractivity contribution in [3.8, 4) is 0 Å². The number of nitrogens with one attached hydrogen (secondary N) is 1. The molecular weight excluding hydrogens is 198 g/mol. The van der Waals surface area contributed by atoms with Crippen molar-refractivity contribution < 1.29 is 5.11 Å². The second-order valence-electron chi connectivity index (χ2n) is 4.78. The molecular formula is C14H23NO. The van der Waals surface area contributed by atoms with Gasteiger partial charge in [0.25, 0.3) is 0 Å². The van der Waals surface area contributed by atoms with Crippen LogP contribution < -0.4 is 5.32 Å². The molecule has 0 spiro atoms. The molecule has 0 aliphatic rings. The Hall–Kier alpha value is -0.860. The summed E-state index contributed by atoms with van der Waals surface area (Å²) in [5.41, 5.74) is 3.80. The third kappa shape index (κ3) is 3.06. The molecule has 16 heavy (non-hydrogen) atoms. The fourth-order valence-electron chi connectivity index (χ4n) is 1.60. The van der Waals surface area contributed by atoms with Gasteiger partial charge in [-0.2, -0.15) is 0 Å². The average Bonchev–Trinajstić information content (AvgIpc) is 2.31. The quantitative estimate of drug-likeness (QED) is 0.801. The van der Waals surface area contributed by atoms with Gasteiger partial charge >= 0.3 is 0 Å². The van der Waals surface area contributed by atoms with Crippen molar-refractivity contribution in [2.45, 2.75) is 46.2 Å². The van der Waals surface area contributed by atoms with Crippen molar-refractivity contribution in [3.63, 3.8) is 0 Å². The Kier molecular flexibility index (Phi) is 4.51. The lowest BCUT2D eigenvalue weighted by Crippen LogP contribution is -2.44. The van der Waals surface area contributed by atoms with E-state index in [0.29, 0.717) is 0 Å². The van der Waals surface area contributed by atoms with Crippen LogP contribution in [0.2, 0.25) is 0 Å². The van der Waals surface area contributed by atoms with Gasteiger partial charge in [-0.25, -0.2) is 0 Å². The molecule has 0 aromatic heterocycles. The first-order chi connectivity index (χ1) is 7.52. The molecule has 1 rings (SSSR count). The zero-order valence-corrected chi connectivity index (χ0v) is 10.8. The van der Waals surface area contributed by atoms with Crippen LogP contribution in [0.25, 0.3) is 0 Å². The molecule has 2 nitrogen and oxygen atoms in total. The minimum absolute atomic E-state index is 0.170.